The lowest BCUT2D eigenvalue weighted by molar-refractivity contribution is -0.118. The fourth-order valence-corrected chi connectivity index (χ4v) is 3.72. The molecule has 2 aromatic carbocycles. The number of carbonyl (C=O) groups excluding carboxylic acids is 2. The van der Waals surface area contributed by atoms with E-state index in [0.29, 0.717) is 26.2 Å². The van der Waals surface area contributed by atoms with Crippen LogP contribution in [0, 0.1) is 27.7 Å². The first-order valence-corrected chi connectivity index (χ1v) is 12.4. The van der Waals surface area contributed by atoms with Crippen LogP contribution in [0.5, 0.6) is 0 Å². The van der Waals surface area contributed by atoms with Gasteiger partial charge in [-0.15, -0.1) is 0 Å². The van der Waals surface area contributed by atoms with Crippen LogP contribution in [-0.4, -0.2) is 74.2 Å². The topological polar surface area (TPSA) is 64.7 Å². The third-order valence-corrected chi connectivity index (χ3v) is 5.92. The van der Waals surface area contributed by atoms with Crippen LogP contribution in [0.25, 0.3) is 0 Å². The molecule has 0 fully saturated rings. The molecule has 0 atom stereocenters. The number of hydrogen-bond donors (Lipinski definition) is 2. The van der Waals surface area contributed by atoms with E-state index in [1.165, 1.54) is 0 Å². The minimum Gasteiger partial charge on any atom is -0.324 e. The number of hydrogen-bond acceptors (Lipinski definition) is 4. The first kappa shape index (κ1) is 31.2. The lowest BCUT2D eigenvalue weighted by Crippen LogP contribution is -2.34. The summed E-state index contributed by atoms with van der Waals surface area (Å²) < 4.78 is 24.5. The van der Waals surface area contributed by atoms with Gasteiger partial charge in [0.25, 0.3) is 0 Å². The molecule has 0 aliphatic rings. The highest BCUT2D eigenvalue weighted by molar-refractivity contribution is 5.94. The predicted octanol–water partition coefficient (Wildman–Crippen LogP) is 5.07. The Bertz CT molecular complexity index is 851. The Morgan fingerprint density at radius 1 is 0.667 bits per heavy atom. The van der Waals surface area contributed by atoms with Gasteiger partial charge in [0.15, 0.2) is 0 Å². The van der Waals surface area contributed by atoms with Crippen molar-refractivity contribution in [3.05, 3.63) is 58.7 Å². The fraction of sp³-hybridized carbons (Fsp3) is 0.500. The standard InChI is InChI=1S/2C14H21FN2O/c2*1-4-17(9-8-15)10-13(18)16-14-11(2)6-5-7-12(14)3/h2*5-7H,4,8-10H2,1-3H3,(H,16,18)/i15-1;. The molecule has 0 aliphatic heterocycles. The van der Waals surface area contributed by atoms with Crippen molar-refractivity contribution in [2.75, 3.05) is 63.3 Å². The van der Waals surface area contributed by atoms with Gasteiger partial charge in [0, 0.05) is 24.5 Å². The molecule has 0 saturated heterocycles. The van der Waals surface area contributed by atoms with E-state index in [-0.39, 0.29) is 24.9 Å². The molecule has 2 amide bonds. The van der Waals surface area contributed by atoms with E-state index in [1.807, 2.05) is 77.9 Å². The summed E-state index contributed by atoms with van der Waals surface area (Å²) in [6.07, 6.45) is 0. The summed E-state index contributed by atoms with van der Waals surface area (Å²) >= 11 is 0. The number of benzene rings is 2. The molecule has 0 bridgehead atoms. The number of aryl methyl sites for hydroxylation is 4. The van der Waals surface area contributed by atoms with Gasteiger partial charge in [0.1, 0.15) is 13.3 Å². The summed E-state index contributed by atoms with van der Waals surface area (Å²) in [5.41, 5.74) is 5.88. The number of nitrogens with one attached hydrogen (secondary N) is 2. The number of amides is 2. The van der Waals surface area contributed by atoms with E-state index >= 15 is 0 Å². The maximum Gasteiger partial charge on any atom is 0.238 e. The van der Waals surface area contributed by atoms with Crippen molar-refractivity contribution >= 4 is 23.2 Å². The third-order valence-electron chi connectivity index (χ3n) is 5.92. The molecule has 2 aromatic rings. The summed E-state index contributed by atoms with van der Waals surface area (Å²) in [6, 6.07) is 11.8. The number of alkyl halides is 2. The maximum absolute atomic E-state index is 12.3. The molecule has 8 heteroatoms. The molecular formula is C28H42F2N4O2. The van der Waals surface area contributed by atoms with Crippen LogP contribution in [0.1, 0.15) is 36.1 Å². The number of para-hydroxylation sites is 2. The minimum absolute atomic E-state index is 0.0947. The minimum atomic E-state index is -0.426. The average Bonchev–Trinajstić information content (AvgIpc) is 2.83. The van der Waals surface area contributed by atoms with E-state index in [9.17, 15) is 18.4 Å². The summed E-state index contributed by atoms with van der Waals surface area (Å²) in [5, 5.41) is 5.80. The predicted molar refractivity (Wildman–Crippen MR) is 145 cm³/mol. The van der Waals surface area contributed by atoms with Gasteiger partial charge < -0.3 is 10.6 Å². The molecule has 0 aromatic heterocycles. The molecule has 0 unspecified atom stereocenters. The van der Waals surface area contributed by atoms with Crippen molar-refractivity contribution in [2.24, 2.45) is 0 Å². The second-order valence-electron chi connectivity index (χ2n) is 8.75. The lowest BCUT2D eigenvalue weighted by Gasteiger charge is -2.19. The molecule has 0 heterocycles. The molecule has 0 radical (unpaired) electrons. The fourth-order valence-electron chi connectivity index (χ4n) is 3.72. The number of nitrogens with zero attached hydrogens (tertiary/aromatic N) is 2. The highest BCUT2D eigenvalue weighted by Crippen LogP contribution is 2.20. The molecule has 200 valence electrons. The van der Waals surface area contributed by atoms with Crippen LogP contribution in [0.4, 0.5) is 20.2 Å². The Hall–Kier alpha value is -2.84. The van der Waals surface area contributed by atoms with Crippen molar-refractivity contribution < 1.29 is 18.4 Å². The van der Waals surface area contributed by atoms with Crippen molar-refractivity contribution in [1.29, 1.82) is 0 Å². The van der Waals surface area contributed by atoms with Crippen LogP contribution < -0.4 is 10.6 Å². The molecule has 2 N–H and O–H groups in total. The normalized spacial score (nSPS) is 10.7. The first-order chi connectivity index (χ1) is 17.2. The van der Waals surface area contributed by atoms with Crippen LogP contribution >= 0.6 is 0 Å². The Labute approximate surface area is 215 Å². The van der Waals surface area contributed by atoms with Gasteiger partial charge in [-0.1, -0.05) is 50.2 Å². The van der Waals surface area contributed by atoms with Crippen LogP contribution in [0.3, 0.4) is 0 Å². The van der Waals surface area contributed by atoms with Gasteiger partial charge >= 0.3 is 0 Å². The first-order valence-electron chi connectivity index (χ1n) is 12.4. The number of likely N-dealkylation sites (N-methyl/N-ethyl adjacent to an activating group) is 2. The highest BCUT2D eigenvalue weighted by Gasteiger charge is 2.12. The maximum atomic E-state index is 12.3. The Morgan fingerprint density at radius 3 is 1.22 bits per heavy atom. The van der Waals surface area contributed by atoms with Crippen LogP contribution in [0.2, 0.25) is 0 Å². The van der Waals surface area contributed by atoms with Gasteiger partial charge in [-0.2, -0.15) is 0 Å². The second-order valence-corrected chi connectivity index (χ2v) is 8.75. The Balaban J connectivity index is 0.000000360. The molecule has 0 spiro atoms. The van der Waals surface area contributed by atoms with Crippen molar-refractivity contribution in [2.45, 2.75) is 41.5 Å². The second kappa shape index (κ2) is 16.8. The van der Waals surface area contributed by atoms with Crippen molar-refractivity contribution in [3.63, 3.8) is 0 Å². The number of carbonyl (C=O) groups is 2. The molecule has 6 nitrogen and oxygen atoms in total. The van der Waals surface area contributed by atoms with Gasteiger partial charge in [-0.25, -0.2) is 8.78 Å². The number of rotatable bonds is 12. The van der Waals surface area contributed by atoms with Gasteiger partial charge in [-0.05, 0) is 63.0 Å². The van der Waals surface area contributed by atoms with Crippen molar-refractivity contribution in [1.82, 2.24) is 9.80 Å². The van der Waals surface area contributed by atoms with E-state index in [2.05, 4.69) is 10.6 Å². The summed E-state index contributed by atoms with van der Waals surface area (Å²) in [5.74, 6) is -0.189. The van der Waals surface area contributed by atoms with E-state index in [4.69, 9.17) is 0 Å². The third kappa shape index (κ3) is 10.8. The van der Waals surface area contributed by atoms with E-state index < -0.39 is 13.3 Å². The van der Waals surface area contributed by atoms with E-state index in [1.54, 1.807) is 9.80 Å². The number of halogens is 2. The summed E-state index contributed by atoms with van der Waals surface area (Å²) in [7, 11) is 0. The average molecular weight is 504 g/mol. The highest BCUT2D eigenvalue weighted by atomic mass is 19.1. The molecule has 0 saturated carbocycles. The zero-order chi connectivity index (χ0) is 27.1. The molecule has 0 aliphatic carbocycles. The monoisotopic (exact) mass is 503 g/mol. The Kier molecular flexibility index (Phi) is 14.5. The zero-order valence-corrected chi connectivity index (χ0v) is 22.6. The lowest BCUT2D eigenvalue weighted by atomic mass is 10.1. The van der Waals surface area contributed by atoms with Crippen molar-refractivity contribution in [3.8, 4) is 0 Å². The zero-order valence-electron chi connectivity index (χ0n) is 22.6. The molecular weight excluding hydrogens is 461 g/mol. The largest absolute Gasteiger partial charge is 0.324 e. The smallest absolute Gasteiger partial charge is 0.238 e. The van der Waals surface area contributed by atoms with Crippen LogP contribution in [-0.2, 0) is 9.59 Å². The summed E-state index contributed by atoms with van der Waals surface area (Å²) in [4.78, 5) is 27.3. The van der Waals surface area contributed by atoms with Gasteiger partial charge in [0.05, 0.1) is 13.1 Å². The van der Waals surface area contributed by atoms with Gasteiger partial charge in [0.2, 0.25) is 11.8 Å². The Morgan fingerprint density at radius 2 is 0.972 bits per heavy atom. The van der Waals surface area contributed by atoms with Crippen LogP contribution in [0.15, 0.2) is 36.4 Å². The quantitative estimate of drug-likeness (QED) is 0.425. The van der Waals surface area contributed by atoms with Gasteiger partial charge in [-0.3, -0.25) is 19.4 Å². The molecule has 2 rings (SSSR count). The SMILES string of the molecule is CCN(CCF)CC(=O)Nc1c(C)cccc1C.CCN(CC[18F])CC(=O)Nc1c(C)cccc1C. The number of anilines is 2. The molecule has 36 heavy (non-hydrogen) atoms. The summed E-state index contributed by atoms with van der Waals surface area (Å²) in [6.45, 7) is 13.2. The van der Waals surface area contributed by atoms with E-state index in [0.717, 1.165) is 33.6 Å².